The molecule has 0 radical (unpaired) electrons. The van der Waals surface area contributed by atoms with Crippen LogP contribution in [0.4, 0.5) is 0 Å². The molecule has 2 rings (SSSR count). The van der Waals surface area contributed by atoms with E-state index in [1.165, 1.54) is 0 Å². The van der Waals surface area contributed by atoms with Crippen molar-refractivity contribution >= 4 is 11.3 Å². The van der Waals surface area contributed by atoms with Gasteiger partial charge in [0.05, 0.1) is 19.3 Å². The Kier molecular flexibility index (Phi) is 2.95. The first-order valence-corrected chi connectivity index (χ1v) is 5.19. The predicted octanol–water partition coefficient (Wildman–Crippen LogP) is 1.54. The highest BCUT2D eigenvalue weighted by Gasteiger charge is 2.21. The molecule has 3 nitrogen and oxygen atoms in total. The Morgan fingerprint density at radius 2 is 2.31 bits per heavy atom. The molecule has 1 fully saturated rings. The van der Waals surface area contributed by atoms with Gasteiger partial charge >= 0.3 is 0 Å². The Bertz CT molecular complexity index is 241. The largest absolute Gasteiger partial charge is 0.387 e. The van der Waals surface area contributed by atoms with E-state index in [0.717, 1.165) is 4.88 Å². The van der Waals surface area contributed by atoms with E-state index in [1.54, 1.807) is 11.3 Å². The number of aliphatic hydroxyl groups excluding tert-OH is 1. The zero-order chi connectivity index (χ0) is 9.10. The molecule has 0 saturated carbocycles. The summed E-state index contributed by atoms with van der Waals surface area (Å²) in [5, 5.41) is 11.7. The van der Waals surface area contributed by atoms with E-state index < -0.39 is 6.10 Å². The molecule has 1 saturated heterocycles. The minimum atomic E-state index is -0.455. The lowest BCUT2D eigenvalue weighted by Gasteiger charge is -2.12. The Morgan fingerprint density at radius 3 is 2.92 bits per heavy atom. The molecule has 1 aliphatic rings. The number of hydrogen-bond donors (Lipinski definition) is 1. The van der Waals surface area contributed by atoms with Gasteiger partial charge in [0.1, 0.15) is 0 Å². The monoisotopic (exact) mass is 200 g/mol. The van der Waals surface area contributed by atoms with Gasteiger partial charge in [-0.25, -0.2) is 0 Å². The number of thiophene rings is 1. The van der Waals surface area contributed by atoms with Gasteiger partial charge in [0.15, 0.2) is 6.29 Å². The molecule has 0 bridgehead atoms. The van der Waals surface area contributed by atoms with Crippen LogP contribution in [0.1, 0.15) is 17.4 Å². The van der Waals surface area contributed by atoms with E-state index in [1.807, 2.05) is 17.5 Å². The fraction of sp³-hybridized carbons (Fsp3) is 0.556. The van der Waals surface area contributed by atoms with Crippen LogP contribution in [0.15, 0.2) is 17.5 Å². The maximum atomic E-state index is 9.72. The van der Waals surface area contributed by atoms with Crippen molar-refractivity contribution in [2.45, 2.75) is 18.8 Å². The molecule has 1 N–H and O–H groups in total. The van der Waals surface area contributed by atoms with Crippen LogP contribution < -0.4 is 0 Å². The Balaban J connectivity index is 1.87. The average Bonchev–Trinajstić information content (AvgIpc) is 2.74. The van der Waals surface area contributed by atoms with Crippen molar-refractivity contribution in [2.75, 3.05) is 13.2 Å². The fourth-order valence-corrected chi connectivity index (χ4v) is 2.05. The molecule has 1 aromatic rings. The fourth-order valence-electron chi connectivity index (χ4n) is 1.32. The third kappa shape index (κ3) is 2.28. The zero-order valence-electron chi connectivity index (χ0n) is 7.18. The predicted molar refractivity (Wildman–Crippen MR) is 49.6 cm³/mol. The van der Waals surface area contributed by atoms with Gasteiger partial charge in [-0.2, -0.15) is 0 Å². The van der Waals surface area contributed by atoms with Crippen LogP contribution in [0.5, 0.6) is 0 Å². The lowest BCUT2D eigenvalue weighted by atomic mass is 10.2. The molecule has 0 aromatic carbocycles. The number of hydrogen-bond acceptors (Lipinski definition) is 4. The van der Waals surface area contributed by atoms with Crippen molar-refractivity contribution in [1.82, 2.24) is 0 Å². The van der Waals surface area contributed by atoms with Gasteiger partial charge in [-0.15, -0.1) is 11.3 Å². The van der Waals surface area contributed by atoms with Crippen LogP contribution in [-0.2, 0) is 9.47 Å². The highest BCUT2D eigenvalue weighted by molar-refractivity contribution is 7.10. The third-order valence-corrected chi connectivity index (χ3v) is 2.95. The molecule has 1 atom stereocenters. The molecular weight excluding hydrogens is 188 g/mol. The van der Waals surface area contributed by atoms with Crippen LogP contribution >= 0.6 is 11.3 Å². The van der Waals surface area contributed by atoms with Gasteiger partial charge in [-0.3, -0.25) is 0 Å². The summed E-state index contributed by atoms with van der Waals surface area (Å²) in [5.74, 6) is 0. The molecule has 72 valence electrons. The molecule has 0 amide bonds. The van der Waals surface area contributed by atoms with E-state index in [0.29, 0.717) is 19.6 Å². The van der Waals surface area contributed by atoms with Crippen LogP contribution in [0, 0.1) is 0 Å². The number of ether oxygens (including phenoxy) is 2. The van der Waals surface area contributed by atoms with Gasteiger partial charge in [0.2, 0.25) is 0 Å². The van der Waals surface area contributed by atoms with Crippen LogP contribution in [-0.4, -0.2) is 24.6 Å². The SMILES string of the molecule is OC(CC1OCCO1)c1cccs1. The minimum Gasteiger partial charge on any atom is -0.387 e. The smallest absolute Gasteiger partial charge is 0.160 e. The Hall–Kier alpha value is -0.420. The summed E-state index contributed by atoms with van der Waals surface area (Å²) in [7, 11) is 0. The molecule has 13 heavy (non-hydrogen) atoms. The topological polar surface area (TPSA) is 38.7 Å². The molecule has 1 aromatic heterocycles. The van der Waals surface area contributed by atoms with Crippen molar-refractivity contribution in [3.05, 3.63) is 22.4 Å². The normalized spacial score (nSPS) is 20.7. The van der Waals surface area contributed by atoms with Crippen LogP contribution in [0.3, 0.4) is 0 Å². The summed E-state index contributed by atoms with van der Waals surface area (Å²) >= 11 is 1.55. The van der Waals surface area contributed by atoms with E-state index in [9.17, 15) is 5.11 Å². The standard InChI is InChI=1S/C9H12O3S/c10-7(8-2-1-5-13-8)6-9-11-3-4-12-9/h1-2,5,7,9-10H,3-4,6H2. The summed E-state index contributed by atoms with van der Waals surface area (Å²) in [6, 6.07) is 3.85. The Labute approximate surface area is 80.9 Å². The highest BCUT2D eigenvalue weighted by Crippen LogP contribution is 2.25. The van der Waals surface area contributed by atoms with Gasteiger partial charge in [-0.05, 0) is 11.4 Å². The highest BCUT2D eigenvalue weighted by atomic mass is 32.1. The summed E-state index contributed by atoms with van der Waals surface area (Å²) < 4.78 is 10.5. The first-order chi connectivity index (χ1) is 6.36. The van der Waals surface area contributed by atoms with Gasteiger partial charge in [0, 0.05) is 11.3 Å². The summed E-state index contributed by atoms with van der Waals surface area (Å²) in [4.78, 5) is 0.971. The van der Waals surface area contributed by atoms with E-state index >= 15 is 0 Å². The van der Waals surface area contributed by atoms with E-state index in [-0.39, 0.29) is 6.29 Å². The maximum Gasteiger partial charge on any atom is 0.160 e. The van der Waals surface area contributed by atoms with Gasteiger partial charge in [0.25, 0.3) is 0 Å². The van der Waals surface area contributed by atoms with E-state index in [4.69, 9.17) is 9.47 Å². The molecule has 0 spiro atoms. The Morgan fingerprint density at radius 1 is 1.54 bits per heavy atom. The van der Waals surface area contributed by atoms with Crippen molar-refractivity contribution < 1.29 is 14.6 Å². The van der Waals surface area contributed by atoms with Gasteiger partial charge in [-0.1, -0.05) is 6.07 Å². The molecule has 2 heterocycles. The molecule has 4 heteroatoms. The summed E-state index contributed by atoms with van der Waals surface area (Å²) in [5.41, 5.74) is 0. The lowest BCUT2D eigenvalue weighted by Crippen LogP contribution is -2.12. The second-order valence-electron chi connectivity index (χ2n) is 2.94. The van der Waals surface area contributed by atoms with Gasteiger partial charge < -0.3 is 14.6 Å². The molecule has 1 unspecified atom stereocenters. The van der Waals surface area contributed by atoms with Crippen molar-refractivity contribution in [3.63, 3.8) is 0 Å². The summed E-state index contributed by atoms with van der Waals surface area (Å²) in [6.45, 7) is 1.28. The van der Waals surface area contributed by atoms with Crippen molar-refractivity contribution in [1.29, 1.82) is 0 Å². The maximum absolute atomic E-state index is 9.72. The summed E-state index contributed by atoms with van der Waals surface area (Å²) in [6.07, 6.45) is -0.152. The number of aliphatic hydroxyl groups is 1. The zero-order valence-corrected chi connectivity index (χ0v) is 8.00. The molecule has 1 aliphatic heterocycles. The first-order valence-electron chi connectivity index (χ1n) is 4.31. The van der Waals surface area contributed by atoms with E-state index in [2.05, 4.69) is 0 Å². The first kappa shape index (κ1) is 9.15. The minimum absolute atomic E-state index is 0.225. The quantitative estimate of drug-likeness (QED) is 0.804. The van der Waals surface area contributed by atoms with Crippen molar-refractivity contribution in [2.24, 2.45) is 0 Å². The number of rotatable bonds is 3. The molecular formula is C9H12O3S. The molecule has 0 aliphatic carbocycles. The lowest BCUT2D eigenvalue weighted by molar-refractivity contribution is -0.0702. The van der Waals surface area contributed by atoms with Crippen molar-refractivity contribution in [3.8, 4) is 0 Å². The third-order valence-electron chi connectivity index (χ3n) is 1.98. The average molecular weight is 200 g/mol. The van der Waals surface area contributed by atoms with Crippen LogP contribution in [0.2, 0.25) is 0 Å². The van der Waals surface area contributed by atoms with Crippen LogP contribution in [0.25, 0.3) is 0 Å². The second kappa shape index (κ2) is 4.19. The second-order valence-corrected chi connectivity index (χ2v) is 3.92.